The Bertz CT molecular complexity index is 121. The Balaban J connectivity index is 2.42. The number of carbonyl (C=O) groups is 1. The molecule has 1 aliphatic rings. The van der Waals surface area contributed by atoms with Gasteiger partial charge in [-0.3, -0.25) is 0 Å². The van der Waals surface area contributed by atoms with Gasteiger partial charge in [0.25, 0.3) is 0 Å². The van der Waals surface area contributed by atoms with Gasteiger partial charge < -0.3 is 4.79 Å². The van der Waals surface area contributed by atoms with Crippen LogP contribution >= 0.6 is 0 Å². The summed E-state index contributed by atoms with van der Waals surface area (Å²) in [5.41, 5.74) is 0.353. The van der Waals surface area contributed by atoms with E-state index in [2.05, 4.69) is 20.8 Å². The maximum atomic E-state index is 10.2. The van der Waals surface area contributed by atoms with Gasteiger partial charge in [-0.15, -0.1) is 0 Å². The van der Waals surface area contributed by atoms with Crippen molar-refractivity contribution in [2.75, 3.05) is 0 Å². The van der Waals surface area contributed by atoms with Crippen molar-refractivity contribution in [3.8, 4) is 0 Å². The van der Waals surface area contributed by atoms with E-state index in [1.54, 1.807) is 0 Å². The van der Waals surface area contributed by atoms with Crippen LogP contribution in [0, 0.1) is 17.3 Å². The summed E-state index contributed by atoms with van der Waals surface area (Å²) < 4.78 is 0. The SMILES string of the molecule is CC(C)(C)C1CC1C=O. The third-order valence-electron chi connectivity index (χ3n) is 2.13. The first-order chi connectivity index (χ1) is 4.05. The van der Waals surface area contributed by atoms with Crippen LogP contribution in [0.25, 0.3) is 0 Å². The molecule has 0 aromatic rings. The average molecular weight is 126 g/mol. The minimum atomic E-state index is 0.353. The minimum absolute atomic E-state index is 0.353. The number of carbonyl (C=O) groups excluding carboxylic acids is 1. The summed E-state index contributed by atoms with van der Waals surface area (Å²) in [7, 11) is 0. The van der Waals surface area contributed by atoms with Crippen molar-refractivity contribution in [2.24, 2.45) is 17.3 Å². The third-order valence-corrected chi connectivity index (χ3v) is 2.13. The molecule has 1 heteroatoms. The molecule has 1 nitrogen and oxygen atoms in total. The highest BCUT2D eigenvalue weighted by Gasteiger charge is 2.44. The Kier molecular flexibility index (Phi) is 1.38. The largest absolute Gasteiger partial charge is 0.303 e. The van der Waals surface area contributed by atoms with E-state index in [1.165, 1.54) is 0 Å². The minimum Gasteiger partial charge on any atom is -0.303 e. The van der Waals surface area contributed by atoms with E-state index in [9.17, 15) is 4.79 Å². The highest BCUT2D eigenvalue weighted by molar-refractivity contribution is 5.58. The molecule has 2 unspecified atom stereocenters. The highest BCUT2D eigenvalue weighted by Crippen LogP contribution is 2.49. The summed E-state index contributed by atoms with van der Waals surface area (Å²) in [5, 5.41) is 0. The second kappa shape index (κ2) is 1.83. The molecule has 1 rings (SSSR count). The van der Waals surface area contributed by atoms with Gasteiger partial charge in [-0.25, -0.2) is 0 Å². The predicted octanol–water partition coefficient (Wildman–Crippen LogP) is 1.87. The van der Waals surface area contributed by atoms with Gasteiger partial charge in [0, 0.05) is 5.92 Å². The van der Waals surface area contributed by atoms with E-state index in [0.717, 1.165) is 12.7 Å². The van der Waals surface area contributed by atoms with Crippen molar-refractivity contribution in [1.82, 2.24) is 0 Å². The van der Waals surface area contributed by atoms with Crippen molar-refractivity contribution in [3.63, 3.8) is 0 Å². The van der Waals surface area contributed by atoms with Gasteiger partial charge in [-0.1, -0.05) is 20.8 Å². The summed E-state index contributed by atoms with van der Waals surface area (Å²) in [4.78, 5) is 10.2. The quantitative estimate of drug-likeness (QED) is 0.490. The van der Waals surface area contributed by atoms with Crippen molar-refractivity contribution in [3.05, 3.63) is 0 Å². The second-order valence-corrected chi connectivity index (χ2v) is 4.01. The topological polar surface area (TPSA) is 17.1 Å². The summed E-state index contributed by atoms with van der Waals surface area (Å²) >= 11 is 0. The summed E-state index contributed by atoms with van der Waals surface area (Å²) in [5.74, 6) is 1.04. The first-order valence-electron chi connectivity index (χ1n) is 3.51. The molecule has 52 valence electrons. The molecule has 0 saturated heterocycles. The lowest BCUT2D eigenvalue weighted by molar-refractivity contribution is -0.109. The smallest absolute Gasteiger partial charge is 0.123 e. The van der Waals surface area contributed by atoms with Crippen LogP contribution in [0.4, 0.5) is 0 Å². The fourth-order valence-electron chi connectivity index (χ4n) is 1.36. The van der Waals surface area contributed by atoms with Gasteiger partial charge in [-0.05, 0) is 17.8 Å². The number of hydrogen-bond donors (Lipinski definition) is 0. The van der Waals surface area contributed by atoms with Crippen LogP contribution < -0.4 is 0 Å². The van der Waals surface area contributed by atoms with Crippen LogP contribution in [0.3, 0.4) is 0 Å². The number of aldehydes is 1. The number of hydrogen-bond acceptors (Lipinski definition) is 1. The molecular formula is C8H14O. The Hall–Kier alpha value is -0.330. The third kappa shape index (κ3) is 1.32. The van der Waals surface area contributed by atoms with Crippen LogP contribution in [0.2, 0.25) is 0 Å². The van der Waals surface area contributed by atoms with Gasteiger partial charge in [-0.2, -0.15) is 0 Å². The molecule has 0 amide bonds. The highest BCUT2D eigenvalue weighted by atomic mass is 16.1. The molecule has 0 bridgehead atoms. The van der Waals surface area contributed by atoms with Crippen LogP contribution in [0.15, 0.2) is 0 Å². The van der Waals surface area contributed by atoms with E-state index in [4.69, 9.17) is 0 Å². The molecule has 0 N–H and O–H groups in total. The molecule has 0 aliphatic heterocycles. The molecule has 0 aromatic carbocycles. The summed E-state index contributed by atoms with van der Waals surface area (Å²) in [6.07, 6.45) is 2.21. The van der Waals surface area contributed by atoms with Gasteiger partial charge in [0.15, 0.2) is 0 Å². The first-order valence-corrected chi connectivity index (χ1v) is 3.51. The van der Waals surface area contributed by atoms with Gasteiger partial charge in [0.1, 0.15) is 6.29 Å². The second-order valence-electron chi connectivity index (χ2n) is 4.01. The molecule has 0 heterocycles. The maximum Gasteiger partial charge on any atom is 0.123 e. The van der Waals surface area contributed by atoms with Crippen molar-refractivity contribution in [2.45, 2.75) is 27.2 Å². The van der Waals surface area contributed by atoms with Crippen molar-refractivity contribution in [1.29, 1.82) is 0 Å². The molecule has 1 aliphatic carbocycles. The predicted molar refractivity (Wildman–Crippen MR) is 37.1 cm³/mol. The number of rotatable bonds is 1. The first kappa shape index (κ1) is 6.79. The zero-order chi connectivity index (χ0) is 7.07. The lowest BCUT2D eigenvalue weighted by atomic mass is 9.89. The monoisotopic (exact) mass is 126 g/mol. The van der Waals surface area contributed by atoms with E-state index in [0.29, 0.717) is 17.3 Å². The van der Waals surface area contributed by atoms with E-state index >= 15 is 0 Å². The van der Waals surface area contributed by atoms with Gasteiger partial charge >= 0.3 is 0 Å². The molecular weight excluding hydrogens is 112 g/mol. The Labute approximate surface area is 56.4 Å². The molecule has 1 saturated carbocycles. The normalized spacial score (nSPS) is 34.1. The molecule has 2 atom stereocenters. The zero-order valence-electron chi connectivity index (χ0n) is 6.35. The zero-order valence-corrected chi connectivity index (χ0v) is 6.35. The summed E-state index contributed by atoms with van der Waals surface area (Å²) in [6.45, 7) is 6.59. The van der Waals surface area contributed by atoms with Gasteiger partial charge in [0.2, 0.25) is 0 Å². The Morgan fingerprint density at radius 1 is 1.44 bits per heavy atom. The Morgan fingerprint density at radius 2 is 2.00 bits per heavy atom. The van der Waals surface area contributed by atoms with E-state index < -0.39 is 0 Å². The summed E-state index contributed by atoms with van der Waals surface area (Å²) in [6, 6.07) is 0. The molecule has 9 heavy (non-hydrogen) atoms. The van der Waals surface area contributed by atoms with Crippen LogP contribution in [0.5, 0.6) is 0 Å². The van der Waals surface area contributed by atoms with E-state index in [-0.39, 0.29) is 0 Å². The molecule has 1 fully saturated rings. The molecule has 0 aromatic heterocycles. The van der Waals surface area contributed by atoms with Crippen molar-refractivity contribution >= 4 is 6.29 Å². The van der Waals surface area contributed by atoms with E-state index in [1.807, 2.05) is 0 Å². The maximum absolute atomic E-state index is 10.2. The lowest BCUT2D eigenvalue weighted by Gasteiger charge is -2.16. The fourth-order valence-corrected chi connectivity index (χ4v) is 1.36. The van der Waals surface area contributed by atoms with Crippen LogP contribution in [-0.4, -0.2) is 6.29 Å². The molecule has 0 radical (unpaired) electrons. The van der Waals surface area contributed by atoms with Gasteiger partial charge in [0.05, 0.1) is 0 Å². The Morgan fingerprint density at radius 3 is 2.11 bits per heavy atom. The standard InChI is InChI=1S/C8H14O/c1-8(2,3)7-4-6(7)5-9/h5-7H,4H2,1-3H3. The average Bonchev–Trinajstić information content (AvgIpc) is 2.39. The lowest BCUT2D eigenvalue weighted by Crippen LogP contribution is -2.09. The van der Waals surface area contributed by atoms with Crippen LogP contribution in [0.1, 0.15) is 27.2 Å². The van der Waals surface area contributed by atoms with Crippen molar-refractivity contribution < 1.29 is 4.79 Å². The molecule has 0 spiro atoms. The fraction of sp³-hybridized carbons (Fsp3) is 0.875. The van der Waals surface area contributed by atoms with Crippen LogP contribution in [-0.2, 0) is 4.79 Å².